The molecule has 4 N–H and O–H groups in total. The summed E-state index contributed by atoms with van der Waals surface area (Å²) in [5, 5.41) is 3.78. The highest BCUT2D eigenvalue weighted by molar-refractivity contribution is 6.31. The van der Waals surface area contributed by atoms with E-state index >= 15 is 0 Å². The number of hydrogen-bond donors (Lipinski definition) is 3. The molecule has 0 fully saturated rings. The van der Waals surface area contributed by atoms with Crippen molar-refractivity contribution in [3.63, 3.8) is 0 Å². The van der Waals surface area contributed by atoms with Crippen molar-refractivity contribution in [3.8, 4) is 0 Å². The Morgan fingerprint density at radius 3 is 2.95 bits per heavy atom. The van der Waals surface area contributed by atoms with Crippen LogP contribution in [-0.2, 0) is 6.54 Å². The van der Waals surface area contributed by atoms with E-state index in [1.54, 1.807) is 0 Å². The maximum absolute atomic E-state index is 6.08. The van der Waals surface area contributed by atoms with Gasteiger partial charge in [-0.15, -0.1) is 0 Å². The van der Waals surface area contributed by atoms with Crippen LogP contribution >= 0.6 is 11.6 Å². The predicted molar refractivity (Wildman–Crippen MR) is 74.9 cm³/mol. The highest BCUT2D eigenvalue weighted by atomic mass is 35.5. The molecule has 0 saturated heterocycles. The number of halogens is 1. The van der Waals surface area contributed by atoms with Gasteiger partial charge in [0.25, 0.3) is 0 Å². The lowest BCUT2D eigenvalue weighted by Crippen LogP contribution is -2.06. The number of nitrogens with two attached hydrogens (primary N) is 1. The molecule has 0 unspecified atom stereocenters. The predicted octanol–water partition coefficient (Wildman–Crippen LogP) is 2.20. The summed E-state index contributed by atoms with van der Waals surface area (Å²) in [6.45, 7) is 0.523. The standard InChI is InChI=1S/C12H11ClN6/c13-8-4-2-1-3-7(8)5-15-12-18-10(14)9-11(19-12)17-6-16-9/h1-4,6H,5H2,(H4,14,15,16,17,18,19). The van der Waals surface area contributed by atoms with Crippen LogP contribution in [0.5, 0.6) is 0 Å². The molecule has 0 spiro atoms. The van der Waals surface area contributed by atoms with Gasteiger partial charge in [0.15, 0.2) is 11.5 Å². The second kappa shape index (κ2) is 4.74. The molecule has 0 radical (unpaired) electrons. The first kappa shape index (κ1) is 11.7. The van der Waals surface area contributed by atoms with Crippen LogP contribution in [0.4, 0.5) is 11.8 Å². The number of fused-ring (bicyclic) bond motifs is 1. The molecule has 0 bridgehead atoms. The van der Waals surface area contributed by atoms with Gasteiger partial charge < -0.3 is 16.0 Å². The van der Waals surface area contributed by atoms with Crippen molar-refractivity contribution in [2.45, 2.75) is 6.54 Å². The molecular formula is C12H11ClN6. The number of anilines is 2. The molecule has 3 rings (SSSR count). The minimum Gasteiger partial charge on any atom is -0.382 e. The third-order valence-electron chi connectivity index (χ3n) is 2.71. The number of benzene rings is 1. The number of nitrogens with zero attached hydrogens (tertiary/aromatic N) is 3. The maximum Gasteiger partial charge on any atom is 0.227 e. The number of nitrogen functional groups attached to an aromatic ring is 1. The fourth-order valence-corrected chi connectivity index (χ4v) is 1.95. The number of aromatic amines is 1. The molecule has 0 saturated carbocycles. The average molecular weight is 275 g/mol. The average Bonchev–Trinajstić information content (AvgIpc) is 2.87. The fourth-order valence-electron chi connectivity index (χ4n) is 1.75. The van der Waals surface area contributed by atoms with Crippen molar-refractivity contribution in [1.82, 2.24) is 19.9 Å². The van der Waals surface area contributed by atoms with Gasteiger partial charge in [-0.05, 0) is 11.6 Å². The Labute approximate surface area is 114 Å². The van der Waals surface area contributed by atoms with Gasteiger partial charge in [0.2, 0.25) is 5.95 Å². The van der Waals surface area contributed by atoms with Gasteiger partial charge in [-0.25, -0.2) is 4.98 Å². The minimum absolute atomic E-state index is 0.365. The van der Waals surface area contributed by atoms with Crippen molar-refractivity contribution in [2.24, 2.45) is 0 Å². The van der Waals surface area contributed by atoms with Crippen LogP contribution in [0.25, 0.3) is 11.2 Å². The number of H-pyrrole nitrogens is 1. The van der Waals surface area contributed by atoms with Gasteiger partial charge in [0.05, 0.1) is 6.33 Å². The molecule has 3 aromatic rings. The lowest BCUT2D eigenvalue weighted by Gasteiger charge is -2.07. The molecule has 7 heteroatoms. The first-order valence-electron chi connectivity index (χ1n) is 5.68. The van der Waals surface area contributed by atoms with Crippen LogP contribution in [0.3, 0.4) is 0 Å². The Bertz CT molecular complexity index is 723. The van der Waals surface area contributed by atoms with Gasteiger partial charge in [-0.1, -0.05) is 29.8 Å². The third kappa shape index (κ3) is 2.30. The molecule has 0 aliphatic heterocycles. The summed E-state index contributed by atoms with van der Waals surface area (Å²) in [6.07, 6.45) is 1.54. The van der Waals surface area contributed by atoms with E-state index in [0.29, 0.717) is 34.5 Å². The largest absolute Gasteiger partial charge is 0.382 e. The smallest absolute Gasteiger partial charge is 0.227 e. The van der Waals surface area contributed by atoms with Crippen molar-refractivity contribution in [2.75, 3.05) is 11.1 Å². The van der Waals surface area contributed by atoms with E-state index in [1.165, 1.54) is 6.33 Å². The van der Waals surface area contributed by atoms with Gasteiger partial charge in [-0.3, -0.25) is 0 Å². The molecule has 0 amide bonds. The third-order valence-corrected chi connectivity index (χ3v) is 3.08. The molecule has 0 aliphatic carbocycles. The summed E-state index contributed by atoms with van der Waals surface area (Å²) < 4.78 is 0. The monoisotopic (exact) mass is 274 g/mol. The SMILES string of the molecule is Nc1nc(NCc2ccccc2Cl)nc2nc[nH]c12. The van der Waals surface area contributed by atoms with Crippen LogP contribution in [0.2, 0.25) is 5.02 Å². The van der Waals surface area contributed by atoms with Crippen LogP contribution in [0, 0.1) is 0 Å². The molecule has 2 aromatic heterocycles. The van der Waals surface area contributed by atoms with E-state index in [4.69, 9.17) is 17.3 Å². The first-order valence-corrected chi connectivity index (χ1v) is 6.05. The Morgan fingerprint density at radius 1 is 1.26 bits per heavy atom. The van der Waals surface area contributed by atoms with Crippen molar-refractivity contribution in [1.29, 1.82) is 0 Å². The highest BCUT2D eigenvalue weighted by Crippen LogP contribution is 2.18. The van der Waals surface area contributed by atoms with Crippen molar-refractivity contribution in [3.05, 3.63) is 41.2 Å². The summed E-state index contributed by atoms with van der Waals surface area (Å²) in [5.74, 6) is 0.793. The Balaban J connectivity index is 1.84. The summed E-state index contributed by atoms with van der Waals surface area (Å²) >= 11 is 6.08. The van der Waals surface area contributed by atoms with Gasteiger partial charge in [0.1, 0.15) is 5.52 Å². The topological polar surface area (TPSA) is 92.5 Å². The number of rotatable bonds is 3. The van der Waals surface area contributed by atoms with E-state index in [1.807, 2.05) is 24.3 Å². The Morgan fingerprint density at radius 2 is 2.11 bits per heavy atom. The zero-order valence-electron chi connectivity index (χ0n) is 9.89. The Kier molecular flexibility index (Phi) is 2.92. The molecule has 2 heterocycles. The second-order valence-corrected chi connectivity index (χ2v) is 4.39. The molecule has 1 aromatic carbocycles. The maximum atomic E-state index is 6.08. The number of nitrogens with one attached hydrogen (secondary N) is 2. The molecule has 96 valence electrons. The van der Waals surface area contributed by atoms with Gasteiger partial charge in [0, 0.05) is 11.6 Å². The van der Waals surface area contributed by atoms with Crippen molar-refractivity contribution < 1.29 is 0 Å². The van der Waals surface area contributed by atoms with E-state index in [-0.39, 0.29) is 0 Å². The van der Waals surface area contributed by atoms with Gasteiger partial charge >= 0.3 is 0 Å². The van der Waals surface area contributed by atoms with Crippen LogP contribution in [0.1, 0.15) is 5.56 Å². The summed E-state index contributed by atoms with van der Waals surface area (Å²) in [7, 11) is 0. The van der Waals surface area contributed by atoms with E-state index in [9.17, 15) is 0 Å². The first-order chi connectivity index (χ1) is 9.24. The van der Waals surface area contributed by atoms with Crippen molar-refractivity contribution >= 4 is 34.5 Å². The van der Waals surface area contributed by atoms with E-state index in [2.05, 4.69) is 25.3 Å². The molecule has 6 nitrogen and oxygen atoms in total. The molecular weight excluding hydrogens is 264 g/mol. The van der Waals surface area contributed by atoms with E-state index in [0.717, 1.165) is 5.56 Å². The quantitative estimate of drug-likeness (QED) is 0.681. The normalized spacial score (nSPS) is 10.8. The van der Waals surface area contributed by atoms with E-state index < -0.39 is 0 Å². The summed E-state index contributed by atoms with van der Waals surface area (Å²) in [5.41, 5.74) is 7.96. The summed E-state index contributed by atoms with van der Waals surface area (Å²) in [6, 6.07) is 7.58. The zero-order valence-corrected chi connectivity index (χ0v) is 10.6. The summed E-state index contributed by atoms with van der Waals surface area (Å²) in [4.78, 5) is 15.4. The number of hydrogen-bond acceptors (Lipinski definition) is 5. The molecule has 0 atom stereocenters. The second-order valence-electron chi connectivity index (χ2n) is 3.98. The zero-order chi connectivity index (χ0) is 13.2. The van der Waals surface area contributed by atoms with Crippen LogP contribution in [0.15, 0.2) is 30.6 Å². The number of aromatic nitrogens is 4. The molecule has 0 aliphatic rings. The Hall–Kier alpha value is -2.34. The highest BCUT2D eigenvalue weighted by Gasteiger charge is 2.07. The number of imidazole rings is 1. The lowest BCUT2D eigenvalue weighted by atomic mass is 10.2. The minimum atomic E-state index is 0.365. The van der Waals surface area contributed by atoms with Gasteiger partial charge in [-0.2, -0.15) is 9.97 Å². The van der Waals surface area contributed by atoms with Crippen LogP contribution < -0.4 is 11.1 Å². The molecule has 19 heavy (non-hydrogen) atoms. The fraction of sp³-hybridized carbons (Fsp3) is 0.0833. The van der Waals surface area contributed by atoms with Crippen LogP contribution in [-0.4, -0.2) is 19.9 Å². The lowest BCUT2D eigenvalue weighted by molar-refractivity contribution is 1.07.